The average Bonchev–Trinajstić information content (AvgIpc) is 3.01. The fraction of sp³-hybridized carbons (Fsp3) is 0.733. The van der Waals surface area contributed by atoms with Crippen LogP contribution in [0.2, 0.25) is 0 Å². The number of nitrogens with zero attached hydrogens (tertiary/aromatic N) is 3. The number of carbonyl (C=O) groups excluding carboxylic acids is 1. The van der Waals surface area contributed by atoms with Crippen LogP contribution in [0.3, 0.4) is 0 Å². The van der Waals surface area contributed by atoms with Crippen LogP contribution in [-0.2, 0) is 16.1 Å². The molecule has 0 bridgehead atoms. The van der Waals surface area contributed by atoms with Crippen LogP contribution in [0.4, 0.5) is 0 Å². The van der Waals surface area contributed by atoms with Gasteiger partial charge in [0.2, 0.25) is 5.91 Å². The van der Waals surface area contributed by atoms with E-state index >= 15 is 0 Å². The van der Waals surface area contributed by atoms with Gasteiger partial charge in [0.1, 0.15) is 0 Å². The SMILES string of the molecule is CCn1cc(C2CCN(C(=O)CC(CN)OC)CC2)cn1.Cl.Cl. The van der Waals surface area contributed by atoms with Crippen molar-refractivity contribution in [1.82, 2.24) is 14.7 Å². The number of nitrogens with two attached hydrogens (primary N) is 1. The molecule has 2 heterocycles. The standard InChI is InChI=1S/C15H26N4O2.2ClH/c1-3-19-11-13(10-17-19)12-4-6-18(7-5-12)15(20)8-14(9-16)21-2;;/h10-12,14H,3-9,16H2,1-2H3;2*1H. The minimum Gasteiger partial charge on any atom is -0.380 e. The van der Waals surface area contributed by atoms with Crippen molar-refractivity contribution in [2.75, 3.05) is 26.7 Å². The van der Waals surface area contributed by atoms with Crippen LogP contribution in [0.25, 0.3) is 0 Å². The minimum absolute atomic E-state index is 0. The molecule has 1 aromatic rings. The first-order valence-corrected chi connectivity index (χ1v) is 7.70. The molecule has 2 rings (SSSR count). The van der Waals surface area contributed by atoms with Crippen molar-refractivity contribution in [2.45, 2.75) is 44.8 Å². The Morgan fingerprint density at radius 1 is 1.43 bits per heavy atom. The van der Waals surface area contributed by atoms with E-state index in [-0.39, 0.29) is 36.8 Å². The Labute approximate surface area is 150 Å². The highest BCUT2D eigenvalue weighted by atomic mass is 35.5. The Morgan fingerprint density at radius 2 is 2.09 bits per heavy atom. The summed E-state index contributed by atoms with van der Waals surface area (Å²) in [5, 5.41) is 4.33. The van der Waals surface area contributed by atoms with Gasteiger partial charge < -0.3 is 15.4 Å². The molecule has 1 saturated heterocycles. The van der Waals surface area contributed by atoms with Crippen molar-refractivity contribution in [2.24, 2.45) is 5.73 Å². The zero-order chi connectivity index (χ0) is 15.2. The Morgan fingerprint density at radius 3 is 2.57 bits per heavy atom. The molecule has 0 radical (unpaired) electrons. The first-order chi connectivity index (χ1) is 10.2. The van der Waals surface area contributed by atoms with Crippen LogP contribution in [0.15, 0.2) is 12.4 Å². The van der Waals surface area contributed by atoms with Gasteiger partial charge in [-0.05, 0) is 31.2 Å². The number of rotatable bonds is 6. The molecule has 8 heteroatoms. The first-order valence-electron chi connectivity index (χ1n) is 7.70. The molecule has 134 valence electrons. The fourth-order valence-electron chi connectivity index (χ4n) is 2.81. The number of likely N-dealkylation sites (tertiary alicyclic amines) is 1. The molecule has 23 heavy (non-hydrogen) atoms. The molecule has 1 aromatic heterocycles. The zero-order valence-electron chi connectivity index (χ0n) is 13.8. The number of aromatic nitrogens is 2. The van der Waals surface area contributed by atoms with E-state index in [1.165, 1.54) is 5.56 Å². The lowest BCUT2D eigenvalue weighted by atomic mass is 9.91. The highest BCUT2D eigenvalue weighted by Crippen LogP contribution is 2.28. The van der Waals surface area contributed by atoms with E-state index in [0.29, 0.717) is 18.9 Å². The van der Waals surface area contributed by atoms with Crippen molar-refractivity contribution in [3.05, 3.63) is 18.0 Å². The number of ether oxygens (including phenoxy) is 1. The van der Waals surface area contributed by atoms with Crippen molar-refractivity contribution in [3.63, 3.8) is 0 Å². The zero-order valence-corrected chi connectivity index (χ0v) is 15.4. The van der Waals surface area contributed by atoms with Crippen LogP contribution < -0.4 is 5.73 Å². The predicted octanol–water partition coefficient (Wildman–Crippen LogP) is 1.82. The first kappa shape index (κ1) is 22.2. The van der Waals surface area contributed by atoms with Gasteiger partial charge >= 0.3 is 0 Å². The van der Waals surface area contributed by atoms with Gasteiger partial charge in [-0.25, -0.2) is 0 Å². The summed E-state index contributed by atoms with van der Waals surface area (Å²) in [4.78, 5) is 14.1. The molecule has 1 atom stereocenters. The molecule has 0 saturated carbocycles. The van der Waals surface area contributed by atoms with Crippen LogP contribution in [0.1, 0.15) is 37.7 Å². The van der Waals surface area contributed by atoms with Gasteiger partial charge in [-0.15, -0.1) is 24.8 Å². The van der Waals surface area contributed by atoms with E-state index in [4.69, 9.17) is 10.5 Å². The van der Waals surface area contributed by atoms with E-state index in [0.717, 1.165) is 32.5 Å². The number of methoxy groups -OCH3 is 1. The summed E-state index contributed by atoms with van der Waals surface area (Å²) < 4.78 is 7.14. The quantitative estimate of drug-likeness (QED) is 0.832. The molecule has 1 aliphatic rings. The van der Waals surface area contributed by atoms with Gasteiger partial charge in [0.05, 0.1) is 18.7 Å². The number of piperidine rings is 1. The summed E-state index contributed by atoms with van der Waals surface area (Å²) in [6.45, 7) is 4.98. The lowest BCUT2D eigenvalue weighted by molar-refractivity contribution is -0.134. The highest BCUT2D eigenvalue weighted by molar-refractivity contribution is 5.85. The molecule has 1 fully saturated rings. The maximum absolute atomic E-state index is 12.2. The third kappa shape index (κ3) is 5.95. The maximum atomic E-state index is 12.2. The molecule has 6 nitrogen and oxygen atoms in total. The summed E-state index contributed by atoms with van der Waals surface area (Å²) in [5.41, 5.74) is 6.86. The number of amides is 1. The van der Waals surface area contributed by atoms with E-state index in [2.05, 4.69) is 18.2 Å². The fourth-order valence-corrected chi connectivity index (χ4v) is 2.81. The van der Waals surface area contributed by atoms with Gasteiger partial charge in [-0.1, -0.05) is 0 Å². The Balaban J connectivity index is 0.00000242. The second-order valence-corrected chi connectivity index (χ2v) is 5.58. The van der Waals surface area contributed by atoms with Crippen LogP contribution in [0.5, 0.6) is 0 Å². The van der Waals surface area contributed by atoms with Gasteiger partial charge in [0, 0.05) is 39.5 Å². The summed E-state index contributed by atoms with van der Waals surface area (Å²) in [5.74, 6) is 0.664. The van der Waals surface area contributed by atoms with Crippen molar-refractivity contribution < 1.29 is 9.53 Å². The van der Waals surface area contributed by atoms with E-state index in [1.54, 1.807) is 7.11 Å². The van der Waals surface area contributed by atoms with Crippen molar-refractivity contribution >= 4 is 30.7 Å². The topological polar surface area (TPSA) is 73.4 Å². The van der Waals surface area contributed by atoms with E-state index in [9.17, 15) is 4.79 Å². The monoisotopic (exact) mass is 366 g/mol. The van der Waals surface area contributed by atoms with Gasteiger partial charge in [-0.2, -0.15) is 5.10 Å². The van der Waals surface area contributed by atoms with Crippen LogP contribution in [-0.4, -0.2) is 53.4 Å². The van der Waals surface area contributed by atoms with E-state index < -0.39 is 0 Å². The third-order valence-electron chi connectivity index (χ3n) is 4.29. The second-order valence-electron chi connectivity index (χ2n) is 5.58. The smallest absolute Gasteiger partial charge is 0.225 e. The number of carbonyl (C=O) groups is 1. The second kappa shape index (κ2) is 10.9. The Bertz CT molecular complexity index is 458. The summed E-state index contributed by atoms with van der Waals surface area (Å²) in [6, 6.07) is 0. The molecule has 1 amide bonds. The normalized spacial score (nSPS) is 16.4. The number of hydrogen-bond donors (Lipinski definition) is 1. The minimum atomic E-state index is -0.169. The summed E-state index contributed by atoms with van der Waals surface area (Å²) >= 11 is 0. The molecule has 0 spiro atoms. The summed E-state index contributed by atoms with van der Waals surface area (Å²) in [7, 11) is 1.60. The Kier molecular flexibility index (Phi) is 10.5. The molecule has 0 aromatic carbocycles. The summed E-state index contributed by atoms with van der Waals surface area (Å²) in [6.07, 6.45) is 6.30. The largest absolute Gasteiger partial charge is 0.380 e. The van der Waals surface area contributed by atoms with Gasteiger partial charge in [0.15, 0.2) is 0 Å². The van der Waals surface area contributed by atoms with Crippen LogP contribution >= 0.6 is 24.8 Å². The van der Waals surface area contributed by atoms with Crippen molar-refractivity contribution in [3.8, 4) is 0 Å². The van der Waals surface area contributed by atoms with Crippen LogP contribution in [0, 0.1) is 0 Å². The van der Waals surface area contributed by atoms with Gasteiger partial charge in [-0.3, -0.25) is 9.48 Å². The lowest BCUT2D eigenvalue weighted by Crippen LogP contribution is -2.40. The lowest BCUT2D eigenvalue weighted by Gasteiger charge is -2.32. The Hall–Kier alpha value is -0.820. The predicted molar refractivity (Wildman–Crippen MR) is 95.4 cm³/mol. The number of aryl methyl sites for hydroxylation is 1. The molecule has 1 unspecified atom stereocenters. The van der Waals surface area contributed by atoms with Gasteiger partial charge in [0.25, 0.3) is 0 Å². The molecule has 0 aliphatic carbocycles. The molecular formula is C15H28Cl2N4O2. The third-order valence-corrected chi connectivity index (χ3v) is 4.29. The highest BCUT2D eigenvalue weighted by Gasteiger charge is 2.25. The molecular weight excluding hydrogens is 339 g/mol. The molecule has 2 N–H and O–H groups in total. The van der Waals surface area contributed by atoms with Crippen molar-refractivity contribution in [1.29, 1.82) is 0 Å². The maximum Gasteiger partial charge on any atom is 0.225 e. The number of halogens is 2. The molecule has 1 aliphatic heterocycles. The number of hydrogen-bond acceptors (Lipinski definition) is 4. The van der Waals surface area contributed by atoms with E-state index in [1.807, 2.05) is 15.8 Å². The average molecular weight is 367 g/mol.